The molecule has 0 amide bonds. The summed E-state index contributed by atoms with van der Waals surface area (Å²) in [5.41, 5.74) is 1.96. The van der Waals surface area contributed by atoms with E-state index in [2.05, 4.69) is 15.6 Å². The minimum absolute atomic E-state index is 0.0133. The van der Waals surface area contributed by atoms with Gasteiger partial charge in [-0.1, -0.05) is 24.3 Å². The average molecular weight is 234 g/mol. The molecule has 4 nitrogen and oxygen atoms in total. The fraction of sp³-hybridized carbons (Fsp3) is 0.333. The molecule has 1 unspecified atom stereocenters. The van der Waals surface area contributed by atoms with Crippen molar-refractivity contribution in [2.75, 3.05) is 6.54 Å². The minimum atomic E-state index is -0.230. The van der Waals surface area contributed by atoms with Crippen LogP contribution >= 0.6 is 0 Å². The van der Waals surface area contributed by atoms with Crippen molar-refractivity contribution in [1.82, 2.24) is 20.3 Å². The molecule has 2 rings (SSSR count). The summed E-state index contributed by atoms with van der Waals surface area (Å²) < 4.78 is 14.6. The Hall–Kier alpha value is -1.75. The zero-order chi connectivity index (χ0) is 12.3. The van der Waals surface area contributed by atoms with E-state index in [0.717, 1.165) is 17.8 Å². The summed E-state index contributed by atoms with van der Waals surface area (Å²) in [5, 5.41) is 11.1. The summed E-state index contributed by atoms with van der Waals surface area (Å²) in [4.78, 5) is 0. The normalized spacial score (nSPS) is 12.6. The molecule has 0 aliphatic heterocycles. The van der Waals surface area contributed by atoms with E-state index in [9.17, 15) is 4.39 Å². The van der Waals surface area contributed by atoms with Crippen molar-refractivity contribution in [3.05, 3.63) is 47.5 Å². The zero-order valence-electron chi connectivity index (χ0n) is 9.89. The average Bonchev–Trinajstić information content (AvgIpc) is 2.74. The van der Waals surface area contributed by atoms with E-state index in [4.69, 9.17) is 0 Å². The zero-order valence-corrected chi connectivity index (χ0v) is 9.89. The highest BCUT2D eigenvalue weighted by atomic mass is 19.1. The first kappa shape index (κ1) is 11.7. The number of rotatable bonds is 4. The van der Waals surface area contributed by atoms with Crippen LogP contribution in [-0.2, 0) is 7.05 Å². The largest absolute Gasteiger partial charge is 0.305 e. The van der Waals surface area contributed by atoms with Crippen LogP contribution in [0.2, 0.25) is 0 Å². The molecular formula is C12H15FN4. The lowest BCUT2D eigenvalue weighted by Gasteiger charge is -2.17. The number of hydrogen-bond donors (Lipinski definition) is 1. The number of benzene rings is 1. The second kappa shape index (κ2) is 5.05. The third-order valence-electron chi connectivity index (χ3n) is 2.66. The number of nitrogens with one attached hydrogen (secondary N) is 1. The van der Waals surface area contributed by atoms with Crippen molar-refractivity contribution in [1.29, 1.82) is 0 Å². The van der Waals surface area contributed by atoms with Gasteiger partial charge in [0.1, 0.15) is 5.82 Å². The summed E-state index contributed by atoms with van der Waals surface area (Å²) in [6, 6.07) is 6.46. The molecule has 5 heteroatoms. The Kier molecular flexibility index (Phi) is 3.49. The molecule has 1 heterocycles. The molecule has 1 N–H and O–H groups in total. The fourth-order valence-corrected chi connectivity index (χ4v) is 1.81. The minimum Gasteiger partial charge on any atom is -0.305 e. The van der Waals surface area contributed by atoms with Gasteiger partial charge in [0, 0.05) is 7.05 Å². The second-order valence-electron chi connectivity index (χ2n) is 3.82. The molecule has 0 radical (unpaired) electrons. The van der Waals surface area contributed by atoms with Crippen molar-refractivity contribution >= 4 is 0 Å². The number of nitrogens with zero attached hydrogens (tertiary/aromatic N) is 3. The lowest BCUT2D eigenvalue weighted by atomic mass is 10.0. The molecule has 1 atom stereocenters. The van der Waals surface area contributed by atoms with Gasteiger partial charge in [0.25, 0.3) is 0 Å². The van der Waals surface area contributed by atoms with Crippen molar-refractivity contribution < 1.29 is 4.39 Å². The summed E-state index contributed by atoms with van der Waals surface area (Å²) in [6.45, 7) is 2.84. The summed E-state index contributed by atoms with van der Waals surface area (Å²) in [6.07, 6.45) is 1.72. The monoisotopic (exact) mass is 234 g/mol. The molecule has 1 aromatic carbocycles. The predicted molar refractivity (Wildman–Crippen MR) is 62.9 cm³/mol. The van der Waals surface area contributed by atoms with Crippen LogP contribution in [0.3, 0.4) is 0 Å². The molecule has 17 heavy (non-hydrogen) atoms. The Labute approximate surface area is 99.5 Å². The highest BCUT2D eigenvalue weighted by Gasteiger charge is 2.16. The predicted octanol–water partition coefficient (Wildman–Crippen LogP) is 1.65. The third-order valence-corrected chi connectivity index (χ3v) is 2.66. The molecule has 0 spiro atoms. The first-order valence-corrected chi connectivity index (χ1v) is 5.55. The Balaban J connectivity index is 2.35. The topological polar surface area (TPSA) is 42.7 Å². The summed E-state index contributed by atoms with van der Waals surface area (Å²) in [5.74, 6) is -0.230. The molecule has 90 valence electrons. The van der Waals surface area contributed by atoms with E-state index in [1.807, 2.05) is 14.0 Å². The maximum Gasteiger partial charge on any atom is 0.123 e. The van der Waals surface area contributed by atoms with Crippen molar-refractivity contribution in [3.63, 3.8) is 0 Å². The van der Waals surface area contributed by atoms with Gasteiger partial charge in [-0.3, -0.25) is 4.68 Å². The SMILES string of the molecule is CCNC(c1ccc(F)cc1)c1cnnn1C. The maximum atomic E-state index is 12.9. The standard InChI is InChI=1S/C12H15FN4/c1-3-14-12(11-8-15-16-17(11)2)9-4-6-10(13)7-5-9/h4-8,12,14H,3H2,1-2H3. The van der Waals surface area contributed by atoms with Crippen LogP contribution in [0.5, 0.6) is 0 Å². The molecule has 0 fully saturated rings. The molecule has 0 saturated heterocycles. The smallest absolute Gasteiger partial charge is 0.123 e. The molecule has 0 bridgehead atoms. The Morgan fingerprint density at radius 3 is 2.59 bits per heavy atom. The van der Waals surface area contributed by atoms with E-state index in [0.29, 0.717) is 0 Å². The van der Waals surface area contributed by atoms with E-state index >= 15 is 0 Å². The van der Waals surface area contributed by atoms with Gasteiger partial charge in [-0.15, -0.1) is 5.10 Å². The van der Waals surface area contributed by atoms with Crippen LogP contribution < -0.4 is 5.32 Å². The van der Waals surface area contributed by atoms with Crippen LogP contribution in [0, 0.1) is 5.82 Å². The van der Waals surface area contributed by atoms with Crippen molar-refractivity contribution in [3.8, 4) is 0 Å². The molecule has 0 aliphatic carbocycles. The van der Waals surface area contributed by atoms with Crippen LogP contribution in [-0.4, -0.2) is 21.5 Å². The first-order valence-electron chi connectivity index (χ1n) is 5.55. The van der Waals surface area contributed by atoms with Gasteiger partial charge in [0.15, 0.2) is 0 Å². The van der Waals surface area contributed by atoms with Gasteiger partial charge >= 0.3 is 0 Å². The fourth-order valence-electron chi connectivity index (χ4n) is 1.81. The summed E-state index contributed by atoms with van der Waals surface area (Å²) >= 11 is 0. The van der Waals surface area contributed by atoms with Gasteiger partial charge in [0.05, 0.1) is 17.9 Å². The quantitative estimate of drug-likeness (QED) is 0.874. The van der Waals surface area contributed by atoms with Gasteiger partial charge in [0.2, 0.25) is 0 Å². The highest BCUT2D eigenvalue weighted by molar-refractivity contribution is 5.26. The van der Waals surface area contributed by atoms with Crippen LogP contribution in [0.4, 0.5) is 4.39 Å². The van der Waals surface area contributed by atoms with E-state index < -0.39 is 0 Å². The molecule has 0 saturated carbocycles. The van der Waals surface area contributed by atoms with Crippen LogP contribution in [0.15, 0.2) is 30.5 Å². The Morgan fingerprint density at radius 2 is 2.06 bits per heavy atom. The third kappa shape index (κ3) is 2.50. The number of halogens is 1. The molecule has 1 aromatic heterocycles. The Morgan fingerprint density at radius 1 is 1.35 bits per heavy atom. The molecular weight excluding hydrogens is 219 g/mol. The van der Waals surface area contributed by atoms with Gasteiger partial charge in [-0.25, -0.2) is 4.39 Å². The number of aromatic nitrogens is 3. The van der Waals surface area contributed by atoms with Crippen LogP contribution in [0.1, 0.15) is 24.2 Å². The van der Waals surface area contributed by atoms with E-state index in [-0.39, 0.29) is 11.9 Å². The lowest BCUT2D eigenvalue weighted by Crippen LogP contribution is -2.24. The van der Waals surface area contributed by atoms with Gasteiger partial charge < -0.3 is 5.32 Å². The van der Waals surface area contributed by atoms with Crippen molar-refractivity contribution in [2.45, 2.75) is 13.0 Å². The van der Waals surface area contributed by atoms with Crippen molar-refractivity contribution in [2.24, 2.45) is 7.05 Å². The first-order chi connectivity index (χ1) is 8.22. The highest BCUT2D eigenvalue weighted by Crippen LogP contribution is 2.20. The second-order valence-corrected chi connectivity index (χ2v) is 3.82. The van der Waals surface area contributed by atoms with Gasteiger partial charge in [-0.05, 0) is 24.2 Å². The Bertz CT molecular complexity index is 478. The summed E-state index contributed by atoms with van der Waals surface area (Å²) in [7, 11) is 1.84. The maximum absolute atomic E-state index is 12.9. The molecule has 0 aliphatic rings. The van der Waals surface area contributed by atoms with E-state index in [1.165, 1.54) is 12.1 Å². The molecule has 2 aromatic rings. The number of aryl methyl sites for hydroxylation is 1. The van der Waals surface area contributed by atoms with Gasteiger partial charge in [-0.2, -0.15) is 0 Å². The van der Waals surface area contributed by atoms with Crippen LogP contribution in [0.25, 0.3) is 0 Å². The lowest BCUT2D eigenvalue weighted by molar-refractivity contribution is 0.566. The van der Waals surface area contributed by atoms with E-state index in [1.54, 1.807) is 23.0 Å². The number of hydrogen-bond acceptors (Lipinski definition) is 3.